The average molecular weight is 280 g/mol. The molecule has 0 radical (unpaired) electrons. The lowest BCUT2D eigenvalue weighted by Gasteiger charge is -2.23. The van der Waals surface area contributed by atoms with Crippen molar-refractivity contribution < 1.29 is 0 Å². The Morgan fingerprint density at radius 2 is 1.71 bits per heavy atom. The van der Waals surface area contributed by atoms with E-state index in [0.717, 1.165) is 6.42 Å². The van der Waals surface area contributed by atoms with Crippen LogP contribution in [0, 0.1) is 0 Å². The fraction of sp³-hybridized carbons (Fsp3) is 0.368. The van der Waals surface area contributed by atoms with Gasteiger partial charge in [0, 0.05) is 0 Å². The van der Waals surface area contributed by atoms with Gasteiger partial charge in [-0.1, -0.05) is 67.0 Å². The molecule has 0 saturated carbocycles. The van der Waals surface area contributed by atoms with E-state index in [-0.39, 0.29) is 6.04 Å². The number of rotatable bonds is 3. The summed E-state index contributed by atoms with van der Waals surface area (Å²) in [5, 5.41) is 2.58. The van der Waals surface area contributed by atoms with Gasteiger partial charge in [0.1, 0.15) is 0 Å². The summed E-state index contributed by atoms with van der Waals surface area (Å²) in [6.45, 7) is 0. The number of hydrogen-bond donors (Lipinski definition) is 2. The van der Waals surface area contributed by atoms with Crippen molar-refractivity contribution in [2.45, 2.75) is 44.6 Å². The third kappa shape index (κ3) is 3.17. The van der Waals surface area contributed by atoms with Crippen LogP contribution in [0.3, 0.4) is 0 Å². The van der Waals surface area contributed by atoms with Gasteiger partial charge in [-0.15, -0.1) is 0 Å². The third-order valence-electron chi connectivity index (χ3n) is 4.50. The molecule has 2 aromatic carbocycles. The Morgan fingerprint density at radius 3 is 2.62 bits per heavy atom. The van der Waals surface area contributed by atoms with E-state index in [4.69, 9.17) is 5.84 Å². The Kier molecular flexibility index (Phi) is 4.69. The normalized spacial score (nSPS) is 20.3. The number of nitrogens with one attached hydrogen (secondary N) is 1. The minimum Gasteiger partial charge on any atom is -0.271 e. The van der Waals surface area contributed by atoms with Crippen molar-refractivity contribution in [3.8, 4) is 0 Å². The molecule has 0 heterocycles. The summed E-state index contributed by atoms with van der Waals surface area (Å²) >= 11 is 0. The number of hydrazine groups is 1. The molecule has 3 N–H and O–H groups in total. The van der Waals surface area contributed by atoms with Gasteiger partial charge in [-0.3, -0.25) is 5.84 Å². The SMILES string of the molecule is NNC(/C1=C/CCCCCC1)c1cccc2ccccc12. The molecular weight excluding hydrogens is 256 g/mol. The van der Waals surface area contributed by atoms with E-state index >= 15 is 0 Å². The fourth-order valence-electron chi connectivity index (χ4n) is 3.38. The first-order valence-electron chi connectivity index (χ1n) is 8.03. The lowest BCUT2D eigenvalue weighted by atomic mass is 9.89. The Morgan fingerprint density at radius 1 is 0.905 bits per heavy atom. The van der Waals surface area contributed by atoms with Crippen LogP contribution in [-0.4, -0.2) is 0 Å². The van der Waals surface area contributed by atoms with Crippen LogP contribution in [0.1, 0.15) is 50.1 Å². The van der Waals surface area contributed by atoms with Crippen LogP contribution in [0.5, 0.6) is 0 Å². The minimum absolute atomic E-state index is 0.134. The van der Waals surface area contributed by atoms with Gasteiger partial charge in [-0.05, 0) is 42.0 Å². The summed E-state index contributed by atoms with van der Waals surface area (Å²) in [4.78, 5) is 0. The van der Waals surface area contributed by atoms with Crippen molar-refractivity contribution in [1.29, 1.82) is 0 Å². The highest BCUT2D eigenvalue weighted by Crippen LogP contribution is 2.32. The molecule has 3 rings (SSSR count). The molecule has 0 amide bonds. The molecule has 0 fully saturated rings. The molecule has 0 aliphatic heterocycles. The number of allylic oxidation sites excluding steroid dienone is 1. The summed E-state index contributed by atoms with van der Waals surface area (Å²) in [5.41, 5.74) is 5.81. The Labute approximate surface area is 127 Å². The van der Waals surface area contributed by atoms with Gasteiger partial charge in [0.2, 0.25) is 0 Å². The summed E-state index contributed by atoms with van der Waals surface area (Å²) in [5.74, 6) is 5.93. The zero-order valence-corrected chi connectivity index (χ0v) is 12.5. The Balaban J connectivity index is 2.01. The molecule has 1 atom stereocenters. The largest absolute Gasteiger partial charge is 0.271 e. The number of hydrogen-bond acceptors (Lipinski definition) is 2. The van der Waals surface area contributed by atoms with Gasteiger partial charge in [0.15, 0.2) is 0 Å². The standard InChI is InChI=1S/C19H24N2/c20-21-19(16-10-4-2-1-3-5-11-16)18-14-8-12-15-9-6-7-13-17(15)18/h6-10,12-14,19,21H,1-5,11,20H2/b16-10+. The predicted octanol–water partition coefficient (Wildman–Crippen LogP) is 4.62. The van der Waals surface area contributed by atoms with E-state index in [0.29, 0.717) is 0 Å². The second-order valence-electron chi connectivity index (χ2n) is 5.90. The number of benzene rings is 2. The first kappa shape index (κ1) is 14.3. The Bertz CT molecular complexity index is 625. The molecule has 0 spiro atoms. The summed E-state index contributed by atoms with van der Waals surface area (Å²) < 4.78 is 0. The lowest BCUT2D eigenvalue weighted by molar-refractivity contribution is 0.557. The predicted molar refractivity (Wildman–Crippen MR) is 89.8 cm³/mol. The summed E-state index contributed by atoms with van der Waals surface area (Å²) in [6.07, 6.45) is 10.0. The molecule has 1 aliphatic carbocycles. The van der Waals surface area contributed by atoms with Crippen LogP contribution in [-0.2, 0) is 0 Å². The zero-order valence-electron chi connectivity index (χ0n) is 12.5. The van der Waals surface area contributed by atoms with E-state index in [2.05, 4.69) is 54.0 Å². The van der Waals surface area contributed by atoms with Gasteiger partial charge in [-0.2, -0.15) is 0 Å². The molecule has 21 heavy (non-hydrogen) atoms. The van der Waals surface area contributed by atoms with Gasteiger partial charge >= 0.3 is 0 Å². The molecule has 1 aliphatic rings. The molecule has 110 valence electrons. The van der Waals surface area contributed by atoms with E-state index in [1.165, 1.54) is 54.0 Å². The first-order chi connectivity index (χ1) is 10.4. The minimum atomic E-state index is 0.134. The lowest BCUT2D eigenvalue weighted by Crippen LogP contribution is -2.29. The monoisotopic (exact) mass is 280 g/mol. The molecule has 2 heteroatoms. The summed E-state index contributed by atoms with van der Waals surface area (Å²) in [6, 6.07) is 15.2. The maximum absolute atomic E-state index is 5.93. The molecule has 2 nitrogen and oxygen atoms in total. The highest BCUT2D eigenvalue weighted by molar-refractivity contribution is 5.86. The van der Waals surface area contributed by atoms with Crippen molar-refractivity contribution in [3.63, 3.8) is 0 Å². The first-order valence-corrected chi connectivity index (χ1v) is 8.03. The summed E-state index contributed by atoms with van der Waals surface area (Å²) in [7, 11) is 0. The van der Waals surface area contributed by atoms with E-state index in [9.17, 15) is 0 Å². The van der Waals surface area contributed by atoms with Crippen molar-refractivity contribution in [3.05, 3.63) is 59.7 Å². The van der Waals surface area contributed by atoms with Gasteiger partial charge in [0.05, 0.1) is 6.04 Å². The van der Waals surface area contributed by atoms with Crippen molar-refractivity contribution in [2.75, 3.05) is 0 Å². The molecule has 0 saturated heterocycles. The van der Waals surface area contributed by atoms with Crippen LogP contribution in [0.2, 0.25) is 0 Å². The van der Waals surface area contributed by atoms with Crippen LogP contribution in [0.15, 0.2) is 54.1 Å². The molecule has 0 aromatic heterocycles. The zero-order chi connectivity index (χ0) is 14.5. The van der Waals surface area contributed by atoms with E-state index in [1.807, 2.05) is 0 Å². The molecule has 1 unspecified atom stereocenters. The second kappa shape index (κ2) is 6.88. The van der Waals surface area contributed by atoms with Crippen LogP contribution in [0.4, 0.5) is 0 Å². The van der Waals surface area contributed by atoms with Gasteiger partial charge < -0.3 is 0 Å². The van der Waals surface area contributed by atoms with Gasteiger partial charge in [-0.25, -0.2) is 5.43 Å². The van der Waals surface area contributed by atoms with Crippen molar-refractivity contribution in [2.24, 2.45) is 5.84 Å². The molecular formula is C19H24N2. The van der Waals surface area contributed by atoms with Gasteiger partial charge in [0.25, 0.3) is 0 Å². The van der Waals surface area contributed by atoms with Crippen LogP contribution >= 0.6 is 0 Å². The quantitative estimate of drug-likeness (QED) is 0.489. The fourth-order valence-corrected chi connectivity index (χ4v) is 3.38. The highest BCUT2D eigenvalue weighted by Gasteiger charge is 2.17. The number of fused-ring (bicyclic) bond motifs is 1. The van der Waals surface area contributed by atoms with E-state index in [1.54, 1.807) is 0 Å². The molecule has 2 aromatic rings. The topological polar surface area (TPSA) is 38.0 Å². The average Bonchev–Trinajstić information content (AvgIpc) is 2.50. The van der Waals surface area contributed by atoms with Crippen LogP contribution < -0.4 is 11.3 Å². The number of nitrogens with two attached hydrogens (primary N) is 1. The van der Waals surface area contributed by atoms with Crippen molar-refractivity contribution >= 4 is 10.8 Å². The maximum Gasteiger partial charge on any atom is 0.0676 e. The second-order valence-corrected chi connectivity index (χ2v) is 5.90. The van der Waals surface area contributed by atoms with Crippen molar-refractivity contribution in [1.82, 2.24) is 5.43 Å². The Hall–Kier alpha value is -1.64. The molecule has 0 bridgehead atoms. The third-order valence-corrected chi connectivity index (χ3v) is 4.50. The smallest absolute Gasteiger partial charge is 0.0676 e. The van der Waals surface area contributed by atoms with E-state index < -0.39 is 0 Å². The van der Waals surface area contributed by atoms with Crippen LogP contribution in [0.25, 0.3) is 10.8 Å². The maximum atomic E-state index is 5.93. The highest BCUT2D eigenvalue weighted by atomic mass is 15.2.